The third kappa shape index (κ3) is 5.25. The Morgan fingerprint density at radius 2 is 1.50 bits per heavy atom. The van der Waals surface area contributed by atoms with Gasteiger partial charge in [-0.3, -0.25) is 4.79 Å². The number of halogens is 1. The normalized spacial score (nSPS) is 11.2. The number of nitrogens with one attached hydrogen (secondary N) is 2. The van der Waals surface area contributed by atoms with E-state index in [1.54, 1.807) is 0 Å². The first-order chi connectivity index (χ1) is 13.4. The topological polar surface area (TPSA) is 75.3 Å². The van der Waals surface area contributed by atoms with Crippen molar-refractivity contribution in [3.8, 4) is 0 Å². The number of rotatable bonds is 7. The highest BCUT2D eigenvalue weighted by molar-refractivity contribution is 7.89. The van der Waals surface area contributed by atoms with E-state index in [-0.39, 0.29) is 11.4 Å². The zero-order valence-corrected chi connectivity index (χ0v) is 15.7. The maximum atomic E-state index is 12.9. The zero-order valence-electron chi connectivity index (χ0n) is 14.9. The number of carbonyl (C=O) groups is 1. The van der Waals surface area contributed by atoms with Crippen molar-refractivity contribution in [2.24, 2.45) is 0 Å². The number of sulfonamides is 1. The lowest BCUT2D eigenvalue weighted by atomic mass is 10.2. The number of amides is 1. The molecule has 0 saturated heterocycles. The lowest BCUT2D eigenvalue weighted by Gasteiger charge is -2.08. The van der Waals surface area contributed by atoms with E-state index < -0.39 is 21.7 Å². The third-order valence-corrected chi connectivity index (χ3v) is 5.55. The summed E-state index contributed by atoms with van der Waals surface area (Å²) < 4.78 is 40.2. The lowest BCUT2D eigenvalue weighted by molar-refractivity contribution is 0.102. The van der Waals surface area contributed by atoms with Crippen LogP contribution in [0.3, 0.4) is 0 Å². The van der Waals surface area contributed by atoms with Crippen LogP contribution >= 0.6 is 0 Å². The Bertz CT molecular complexity index is 1040. The van der Waals surface area contributed by atoms with E-state index in [2.05, 4.69) is 10.0 Å². The minimum Gasteiger partial charge on any atom is -0.322 e. The van der Waals surface area contributed by atoms with Crippen molar-refractivity contribution in [3.05, 3.63) is 95.8 Å². The molecule has 0 fully saturated rings. The molecule has 0 radical (unpaired) electrons. The summed E-state index contributed by atoms with van der Waals surface area (Å²) in [4.78, 5) is 12.3. The summed E-state index contributed by atoms with van der Waals surface area (Å²) in [5.41, 5.74) is 1.79. The van der Waals surface area contributed by atoms with Gasteiger partial charge < -0.3 is 5.32 Å². The number of hydrogen-bond donors (Lipinski definition) is 2. The SMILES string of the molecule is O=C(Nc1ccc(F)cc1)c1ccc(S(=O)(=O)NCCc2ccccc2)cc1. The smallest absolute Gasteiger partial charge is 0.255 e. The fourth-order valence-corrected chi connectivity index (χ4v) is 3.61. The fraction of sp³-hybridized carbons (Fsp3) is 0.0952. The van der Waals surface area contributed by atoms with E-state index in [0.717, 1.165) is 5.56 Å². The summed E-state index contributed by atoms with van der Waals surface area (Å²) in [5, 5.41) is 2.63. The minimum absolute atomic E-state index is 0.0823. The summed E-state index contributed by atoms with van der Waals surface area (Å²) >= 11 is 0. The van der Waals surface area contributed by atoms with E-state index in [1.807, 2.05) is 30.3 Å². The van der Waals surface area contributed by atoms with Crippen molar-refractivity contribution in [2.75, 3.05) is 11.9 Å². The molecule has 3 aromatic rings. The quantitative estimate of drug-likeness (QED) is 0.639. The largest absolute Gasteiger partial charge is 0.322 e. The number of carbonyl (C=O) groups excluding carboxylic acids is 1. The van der Waals surface area contributed by atoms with Crippen LogP contribution in [-0.2, 0) is 16.4 Å². The van der Waals surface area contributed by atoms with Crippen LogP contribution in [-0.4, -0.2) is 20.9 Å². The van der Waals surface area contributed by atoms with Gasteiger partial charge in [0.25, 0.3) is 5.91 Å². The van der Waals surface area contributed by atoms with E-state index in [9.17, 15) is 17.6 Å². The third-order valence-electron chi connectivity index (χ3n) is 4.08. The maximum Gasteiger partial charge on any atom is 0.255 e. The lowest BCUT2D eigenvalue weighted by Crippen LogP contribution is -2.26. The summed E-state index contributed by atoms with van der Waals surface area (Å²) in [6.07, 6.45) is 0.582. The molecule has 0 saturated carbocycles. The number of anilines is 1. The van der Waals surface area contributed by atoms with Crippen LogP contribution in [0.5, 0.6) is 0 Å². The number of benzene rings is 3. The molecule has 3 aromatic carbocycles. The Hall–Kier alpha value is -3.03. The second-order valence-electron chi connectivity index (χ2n) is 6.12. The van der Waals surface area contributed by atoms with Gasteiger partial charge in [-0.25, -0.2) is 17.5 Å². The Morgan fingerprint density at radius 3 is 2.14 bits per heavy atom. The molecule has 144 valence electrons. The molecule has 0 aliphatic heterocycles. The fourth-order valence-electron chi connectivity index (χ4n) is 2.58. The van der Waals surface area contributed by atoms with Crippen molar-refractivity contribution in [2.45, 2.75) is 11.3 Å². The zero-order chi connectivity index (χ0) is 20.0. The summed E-state index contributed by atoms with van der Waals surface area (Å²) in [6, 6.07) is 20.6. The molecule has 7 heteroatoms. The van der Waals surface area contributed by atoms with Crippen LogP contribution in [0, 0.1) is 5.82 Å². The van der Waals surface area contributed by atoms with Crippen LogP contribution in [0.4, 0.5) is 10.1 Å². The van der Waals surface area contributed by atoms with E-state index in [4.69, 9.17) is 0 Å². The average Bonchev–Trinajstić information content (AvgIpc) is 2.70. The standard InChI is InChI=1S/C21H19FN2O3S/c22-18-8-10-19(11-9-18)24-21(25)17-6-12-20(13-7-17)28(26,27)23-15-14-16-4-2-1-3-5-16/h1-13,23H,14-15H2,(H,24,25). The molecule has 0 aromatic heterocycles. The molecule has 0 aliphatic rings. The highest BCUT2D eigenvalue weighted by atomic mass is 32.2. The summed E-state index contributed by atoms with van der Waals surface area (Å²) in [5.74, 6) is -0.806. The van der Waals surface area contributed by atoms with Gasteiger partial charge in [-0.15, -0.1) is 0 Å². The molecule has 5 nitrogen and oxygen atoms in total. The second kappa shape index (κ2) is 8.77. The van der Waals surface area contributed by atoms with Crippen LogP contribution < -0.4 is 10.0 Å². The van der Waals surface area contributed by atoms with Gasteiger partial charge in [0.05, 0.1) is 4.90 Å². The Kier molecular flexibility index (Phi) is 6.18. The molecule has 0 aliphatic carbocycles. The Morgan fingerprint density at radius 1 is 0.857 bits per heavy atom. The van der Waals surface area contributed by atoms with Gasteiger partial charge in [-0.2, -0.15) is 0 Å². The molecule has 2 N–H and O–H groups in total. The highest BCUT2D eigenvalue weighted by Gasteiger charge is 2.14. The highest BCUT2D eigenvalue weighted by Crippen LogP contribution is 2.14. The van der Waals surface area contributed by atoms with Crippen LogP contribution in [0.1, 0.15) is 15.9 Å². The van der Waals surface area contributed by atoms with Gasteiger partial charge in [-0.1, -0.05) is 30.3 Å². The molecule has 0 unspecified atom stereocenters. The van der Waals surface area contributed by atoms with Gasteiger partial charge in [0.1, 0.15) is 5.82 Å². The van der Waals surface area contributed by atoms with Crippen LogP contribution in [0.15, 0.2) is 83.8 Å². The maximum absolute atomic E-state index is 12.9. The second-order valence-corrected chi connectivity index (χ2v) is 7.89. The first-order valence-corrected chi connectivity index (χ1v) is 10.1. The van der Waals surface area contributed by atoms with Crippen LogP contribution in [0.25, 0.3) is 0 Å². The Balaban J connectivity index is 1.60. The predicted molar refractivity (Wildman–Crippen MR) is 106 cm³/mol. The van der Waals surface area contributed by atoms with Crippen molar-refractivity contribution in [1.29, 1.82) is 0 Å². The van der Waals surface area contributed by atoms with Gasteiger partial charge in [0.15, 0.2) is 0 Å². The Labute approximate surface area is 163 Å². The minimum atomic E-state index is -3.66. The van der Waals surface area contributed by atoms with Gasteiger partial charge >= 0.3 is 0 Å². The molecule has 1 amide bonds. The van der Waals surface area contributed by atoms with E-state index in [1.165, 1.54) is 48.5 Å². The first kappa shape index (κ1) is 19.7. The van der Waals surface area contributed by atoms with Crippen LogP contribution in [0.2, 0.25) is 0 Å². The molecule has 0 atom stereocenters. The van der Waals surface area contributed by atoms with Gasteiger partial charge in [0, 0.05) is 17.8 Å². The molecule has 3 rings (SSSR count). The summed E-state index contributed by atoms with van der Waals surface area (Å²) in [7, 11) is -3.66. The number of hydrogen-bond acceptors (Lipinski definition) is 3. The monoisotopic (exact) mass is 398 g/mol. The molecule has 28 heavy (non-hydrogen) atoms. The average molecular weight is 398 g/mol. The van der Waals surface area contributed by atoms with Crippen molar-refractivity contribution >= 4 is 21.6 Å². The van der Waals surface area contributed by atoms with E-state index in [0.29, 0.717) is 17.7 Å². The first-order valence-electron chi connectivity index (χ1n) is 8.65. The molecule has 0 heterocycles. The molecular formula is C21H19FN2O3S. The van der Waals surface area contributed by atoms with Gasteiger partial charge in [0.2, 0.25) is 10.0 Å². The van der Waals surface area contributed by atoms with Crippen molar-refractivity contribution in [1.82, 2.24) is 4.72 Å². The van der Waals surface area contributed by atoms with Gasteiger partial charge in [-0.05, 0) is 60.5 Å². The van der Waals surface area contributed by atoms with Crippen molar-refractivity contribution in [3.63, 3.8) is 0 Å². The molecule has 0 bridgehead atoms. The predicted octanol–water partition coefficient (Wildman–Crippen LogP) is 3.60. The summed E-state index contributed by atoms with van der Waals surface area (Å²) in [6.45, 7) is 0.277. The molecule has 0 spiro atoms. The molecular weight excluding hydrogens is 379 g/mol. The van der Waals surface area contributed by atoms with E-state index >= 15 is 0 Å². The van der Waals surface area contributed by atoms with Crippen molar-refractivity contribution < 1.29 is 17.6 Å².